The van der Waals surface area contributed by atoms with Crippen LogP contribution in [0.5, 0.6) is 0 Å². The number of carboxylic acid groups (broad SMARTS) is 1. The Labute approximate surface area is 88.0 Å². The largest absolute Gasteiger partial charge is 0.479 e. The number of hydrogen-bond donors (Lipinski definition) is 2. The Morgan fingerprint density at radius 3 is 2.33 bits per heavy atom. The van der Waals surface area contributed by atoms with Gasteiger partial charge in [-0.15, -0.1) is 0 Å². The molecule has 0 radical (unpaired) electrons. The summed E-state index contributed by atoms with van der Waals surface area (Å²) in [5.74, 6) is -1.11. The van der Waals surface area contributed by atoms with Crippen molar-refractivity contribution in [3.05, 3.63) is 0 Å². The Bertz CT molecular complexity index is 117. The zero-order valence-corrected chi connectivity index (χ0v) is 8.98. The molecule has 0 fully saturated rings. The van der Waals surface area contributed by atoms with Gasteiger partial charge in [-0.25, -0.2) is 4.79 Å². The van der Waals surface area contributed by atoms with Gasteiger partial charge in [0.05, 0.1) is 0 Å². The molecule has 3 nitrogen and oxygen atoms in total. The molecule has 0 saturated heterocycles. The van der Waals surface area contributed by atoms with Gasteiger partial charge in [-0.1, -0.05) is 32.6 Å². The van der Waals surface area contributed by atoms with Crippen LogP contribution in [0, 0.1) is 0 Å². The molecule has 0 heterocycles. The Hall–Kier alpha value is 0.144. The molecule has 0 amide bonds. The zero-order chi connectivity index (χ0) is 8.69. The number of unbranched alkanes of at least 4 members (excludes halogenated alkanes) is 3. The van der Waals surface area contributed by atoms with Crippen molar-refractivity contribution in [3.63, 3.8) is 0 Å². The smallest absolute Gasteiger partial charge is 0.332 e. The molecule has 0 aromatic carbocycles. The molecule has 0 aliphatic carbocycles. The van der Waals surface area contributed by atoms with Crippen LogP contribution in [-0.4, -0.2) is 22.3 Å². The van der Waals surface area contributed by atoms with Crippen LogP contribution in [0.2, 0.25) is 0 Å². The molecule has 2 N–H and O–H groups in total. The fourth-order valence-corrected chi connectivity index (χ4v) is 0.888. The summed E-state index contributed by atoms with van der Waals surface area (Å²) < 4.78 is 0. The molecule has 0 rings (SSSR count). The van der Waals surface area contributed by atoms with Gasteiger partial charge in [0.1, 0.15) is 0 Å². The average Bonchev–Trinajstić information content (AvgIpc) is 1.97. The van der Waals surface area contributed by atoms with Crippen molar-refractivity contribution in [2.24, 2.45) is 0 Å². The fourth-order valence-electron chi connectivity index (χ4n) is 0.888. The van der Waals surface area contributed by atoms with Crippen LogP contribution in [0.1, 0.15) is 39.0 Å². The van der Waals surface area contributed by atoms with Crippen molar-refractivity contribution in [1.82, 2.24) is 0 Å². The molecule has 4 heteroatoms. The van der Waals surface area contributed by atoms with Crippen molar-refractivity contribution < 1.29 is 36.7 Å². The Kier molecular flexibility index (Phi) is 11.3. The van der Waals surface area contributed by atoms with E-state index in [4.69, 9.17) is 10.2 Å². The van der Waals surface area contributed by atoms with Gasteiger partial charge in [-0.2, -0.15) is 0 Å². The maximum Gasteiger partial charge on any atom is 0.332 e. The molecule has 0 aliphatic rings. The van der Waals surface area contributed by atoms with E-state index in [1.54, 1.807) is 0 Å². The molecule has 12 heavy (non-hydrogen) atoms. The van der Waals surface area contributed by atoms with E-state index in [0.29, 0.717) is 6.42 Å². The molecule has 1 unspecified atom stereocenters. The minimum absolute atomic E-state index is 0. The second kappa shape index (κ2) is 9.23. The number of aliphatic hydroxyl groups excluding tert-OH is 1. The molecule has 0 aliphatic heterocycles. The maximum atomic E-state index is 10.1. The number of rotatable bonds is 6. The molecule has 0 saturated carbocycles. The van der Waals surface area contributed by atoms with Gasteiger partial charge in [-0.3, -0.25) is 0 Å². The first-order valence-corrected chi connectivity index (χ1v) is 4.09. The van der Waals surface area contributed by atoms with Crippen LogP contribution in [0.4, 0.5) is 0 Å². The fraction of sp³-hybridized carbons (Fsp3) is 0.875. The van der Waals surface area contributed by atoms with E-state index in [1.165, 1.54) is 0 Å². The summed E-state index contributed by atoms with van der Waals surface area (Å²) in [5, 5.41) is 17.1. The number of aliphatic hydroxyl groups is 1. The summed E-state index contributed by atoms with van der Waals surface area (Å²) in [6, 6.07) is 0. The van der Waals surface area contributed by atoms with E-state index in [0.717, 1.165) is 25.7 Å². The van der Waals surface area contributed by atoms with Crippen LogP contribution in [-0.2, 0) is 26.5 Å². The third-order valence-electron chi connectivity index (χ3n) is 1.62. The van der Waals surface area contributed by atoms with Gasteiger partial charge in [0.2, 0.25) is 0 Å². The van der Waals surface area contributed by atoms with Crippen molar-refractivity contribution in [1.29, 1.82) is 0 Å². The standard InChI is InChI=1S/C8H16O3.Ti/c1-2-3-4-5-6-7(9)8(10)11;/h7,9H,2-6H2,1H3,(H,10,11);. The van der Waals surface area contributed by atoms with E-state index in [9.17, 15) is 4.79 Å². The van der Waals surface area contributed by atoms with Crippen molar-refractivity contribution in [2.75, 3.05) is 0 Å². The second-order valence-electron chi connectivity index (χ2n) is 2.70. The number of aliphatic carboxylic acids is 1. The molecule has 0 bridgehead atoms. The van der Waals surface area contributed by atoms with Crippen LogP contribution < -0.4 is 0 Å². The molecule has 0 aromatic heterocycles. The van der Waals surface area contributed by atoms with Gasteiger partial charge in [0.15, 0.2) is 6.10 Å². The molecule has 1 atom stereocenters. The van der Waals surface area contributed by atoms with Crippen LogP contribution in [0.3, 0.4) is 0 Å². The van der Waals surface area contributed by atoms with Crippen molar-refractivity contribution in [3.8, 4) is 0 Å². The number of carboxylic acids is 1. The van der Waals surface area contributed by atoms with Crippen LogP contribution >= 0.6 is 0 Å². The normalized spacial score (nSPS) is 11.8. The third-order valence-corrected chi connectivity index (χ3v) is 1.62. The quantitative estimate of drug-likeness (QED) is 0.512. The van der Waals surface area contributed by atoms with E-state index >= 15 is 0 Å². The summed E-state index contributed by atoms with van der Waals surface area (Å²) in [4.78, 5) is 10.1. The van der Waals surface area contributed by atoms with E-state index in [1.807, 2.05) is 0 Å². The van der Waals surface area contributed by atoms with E-state index < -0.39 is 12.1 Å². The Morgan fingerprint density at radius 2 is 1.92 bits per heavy atom. The minimum atomic E-state index is -1.16. The summed E-state index contributed by atoms with van der Waals surface area (Å²) in [7, 11) is 0. The number of carbonyl (C=O) groups is 1. The van der Waals surface area contributed by atoms with Gasteiger partial charge >= 0.3 is 5.97 Å². The van der Waals surface area contributed by atoms with Crippen molar-refractivity contribution in [2.45, 2.75) is 45.1 Å². The third kappa shape index (κ3) is 8.24. The first kappa shape index (κ1) is 14.7. The molecule has 0 aromatic rings. The molecular formula is C8H16O3Ti. The minimum Gasteiger partial charge on any atom is -0.479 e. The van der Waals surface area contributed by atoms with Gasteiger partial charge in [0, 0.05) is 21.7 Å². The molecule has 0 spiro atoms. The predicted molar refractivity (Wildman–Crippen MR) is 42.4 cm³/mol. The summed E-state index contributed by atoms with van der Waals surface area (Å²) in [6.07, 6.45) is 3.29. The first-order chi connectivity index (χ1) is 5.18. The van der Waals surface area contributed by atoms with Gasteiger partial charge in [0.25, 0.3) is 0 Å². The maximum absolute atomic E-state index is 10.1. The first-order valence-electron chi connectivity index (χ1n) is 4.09. The predicted octanol–water partition coefficient (Wildman–Crippen LogP) is 1.40. The van der Waals surface area contributed by atoms with Crippen LogP contribution in [0.25, 0.3) is 0 Å². The van der Waals surface area contributed by atoms with Crippen molar-refractivity contribution >= 4 is 5.97 Å². The monoisotopic (exact) mass is 208 g/mol. The summed E-state index contributed by atoms with van der Waals surface area (Å²) in [6.45, 7) is 2.09. The average molecular weight is 208 g/mol. The Morgan fingerprint density at radius 1 is 1.33 bits per heavy atom. The summed E-state index contributed by atoms with van der Waals surface area (Å²) >= 11 is 0. The zero-order valence-electron chi connectivity index (χ0n) is 7.42. The molecular weight excluding hydrogens is 192 g/mol. The van der Waals surface area contributed by atoms with Crippen LogP contribution in [0.15, 0.2) is 0 Å². The number of hydrogen-bond acceptors (Lipinski definition) is 2. The van der Waals surface area contributed by atoms with Gasteiger partial charge in [-0.05, 0) is 6.42 Å². The van der Waals surface area contributed by atoms with Gasteiger partial charge < -0.3 is 10.2 Å². The Balaban J connectivity index is 0. The molecule has 70 valence electrons. The SMILES string of the molecule is CCCCCCC(O)C(=O)O.[Ti]. The van der Waals surface area contributed by atoms with E-state index in [-0.39, 0.29) is 21.7 Å². The topological polar surface area (TPSA) is 57.5 Å². The summed E-state index contributed by atoms with van der Waals surface area (Å²) in [5.41, 5.74) is 0. The van der Waals surface area contributed by atoms with E-state index in [2.05, 4.69) is 6.92 Å². The second-order valence-corrected chi connectivity index (χ2v) is 2.70.